The first-order valence-electron chi connectivity index (χ1n) is 13.5. The molecule has 0 radical (unpaired) electrons. The summed E-state index contributed by atoms with van der Waals surface area (Å²) in [5.74, 6) is -0.608. The number of halogens is 2. The number of ether oxygens (including phenoxy) is 1. The highest BCUT2D eigenvalue weighted by Crippen LogP contribution is 2.28. The molecule has 44 heavy (non-hydrogen) atoms. The van der Waals surface area contributed by atoms with Crippen LogP contribution in [0.25, 0.3) is 22.4 Å². The standard InChI is InChI=1S/C30H25F2N7O4S/c31-20-5-12-25(24(32)18-20)38-44(41,42)23-10-8-22(9-11-23)35-30(40)34-21-6-3-19(4-7-21)28-36-26-2-1-13-33-27(26)29(37-28)39-14-16-43-17-15-39/h1-13,18,38H,14-17H2,(H2,34,35,40). The summed E-state index contributed by atoms with van der Waals surface area (Å²) in [6.45, 7) is 2.61. The minimum Gasteiger partial charge on any atom is -0.378 e. The molecule has 0 atom stereocenters. The summed E-state index contributed by atoms with van der Waals surface area (Å²) in [6, 6.07) is 18.0. The molecule has 3 N–H and O–H groups in total. The molecule has 2 aromatic heterocycles. The fraction of sp³-hybridized carbons (Fsp3) is 0.133. The minimum atomic E-state index is -4.15. The third kappa shape index (κ3) is 6.40. The van der Waals surface area contributed by atoms with E-state index in [1.807, 2.05) is 12.1 Å². The number of fused-ring (bicyclic) bond motifs is 1. The average Bonchev–Trinajstić information content (AvgIpc) is 3.03. The zero-order valence-electron chi connectivity index (χ0n) is 23.0. The van der Waals surface area contributed by atoms with Crippen LogP contribution in [0.1, 0.15) is 0 Å². The van der Waals surface area contributed by atoms with E-state index < -0.39 is 27.7 Å². The highest BCUT2D eigenvalue weighted by atomic mass is 32.2. The summed E-state index contributed by atoms with van der Waals surface area (Å²) in [5, 5.41) is 5.35. The van der Waals surface area contributed by atoms with Crippen LogP contribution in [0.5, 0.6) is 0 Å². The van der Waals surface area contributed by atoms with Crippen LogP contribution in [0.3, 0.4) is 0 Å². The molecule has 14 heteroatoms. The number of carbonyl (C=O) groups is 1. The Balaban J connectivity index is 1.11. The highest BCUT2D eigenvalue weighted by Gasteiger charge is 2.19. The van der Waals surface area contributed by atoms with Gasteiger partial charge in [0.2, 0.25) is 0 Å². The predicted molar refractivity (Wildman–Crippen MR) is 162 cm³/mol. The Morgan fingerprint density at radius 2 is 1.55 bits per heavy atom. The van der Waals surface area contributed by atoms with E-state index >= 15 is 0 Å². The van der Waals surface area contributed by atoms with Gasteiger partial charge in [-0.25, -0.2) is 32.0 Å². The van der Waals surface area contributed by atoms with Gasteiger partial charge in [-0.1, -0.05) is 0 Å². The lowest BCUT2D eigenvalue weighted by atomic mass is 10.2. The number of sulfonamides is 1. The maximum absolute atomic E-state index is 13.9. The second kappa shape index (κ2) is 12.2. The highest BCUT2D eigenvalue weighted by molar-refractivity contribution is 7.92. The van der Waals surface area contributed by atoms with Crippen molar-refractivity contribution in [2.45, 2.75) is 4.90 Å². The van der Waals surface area contributed by atoms with Gasteiger partial charge in [0.05, 0.1) is 29.3 Å². The second-order valence-electron chi connectivity index (χ2n) is 9.75. The Hall–Kier alpha value is -5.21. The number of benzene rings is 3. The number of carbonyl (C=O) groups excluding carboxylic acids is 1. The van der Waals surface area contributed by atoms with Gasteiger partial charge in [0.15, 0.2) is 11.6 Å². The number of amides is 2. The molecule has 0 aliphatic carbocycles. The van der Waals surface area contributed by atoms with Crippen LogP contribution < -0.4 is 20.3 Å². The van der Waals surface area contributed by atoms with Crippen LogP contribution in [0.2, 0.25) is 0 Å². The van der Waals surface area contributed by atoms with Gasteiger partial charge >= 0.3 is 6.03 Å². The number of rotatable bonds is 7. The maximum Gasteiger partial charge on any atom is 0.323 e. The van der Waals surface area contributed by atoms with E-state index in [0.29, 0.717) is 49.6 Å². The van der Waals surface area contributed by atoms with Crippen molar-refractivity contribution in [3.8, 4) is 11.4 Å². The molecule has 224 valence electrons. The molecular weight excluding hydrogens is 592 g/mol. The van der Waals surface area contributed by atoms with Crippen LogP contribution in [-0.4, -0.2) is 55.7 Å². The third-order valence-electron chi connectivity index (χ3n) is 6.75. The second-order valence-corrected chi connectivity index (χ2v) is 11.4. The van der Waals surface area contributed by atoms with Crippen LogP contribution in [-0.2, 0) is 14.8 Å². The van der Waals surface area contributed by atoms with E-state index in [1.165, 1.54) is 24.3 Å². The van der Waals surface area contributed by atoms with Gasteiger partial charge in [0.25, 0.3) is 10.0 Å². The number of pyridine rings is 1. The lowest BCUT2D eigenvalue weighted by Gasteiger charge is -2.28. The Labute approximate surface area is 251 Å². The lowest BCUT2D eigenvalue weighted by Crippen LogP contribution is -2.37. The summed E-state index contributed by atoms with van der Waals surface area (Å²) < 4.78 is 59.8. The molecule has 3 heterocycles. The number of aromatic nitrogens is 3. The molecule has 1 aliphatic heterocycles. The molecule has 11 nitrogen and oxygen atoms in total. The van der Waals surface area contributed by atoms with Gasteiger partial charge in [0.1, 0.15) is 17.2 Å². The molecule has 2 amide bonds. The van der Waals surface area contributed by atoms with Crippen molar-refractivity contribution in [3.63, 3.8) is 0 Å². The van der Waals surface area contributed by atoms with Gasteiger partial charge in [-0.15, -0.1) is 0 Å². The quantitative estimate of drug-likeness (QED) is 0.225. The zero-order valence-corrected chi connectivity index (χ0v) is 23.8. The summed E-state index contributed by atoms with van der Waals surface area (Å²) in [5.41, 5.74) is 2.63. The van der Waals surface area contributed by atoms with Crippen LogP contribution in [0.15, 0.2) is 90.0 Å². The van der Waals surface area contributed by atoms with Crippen molar-refractivity contribution in [1.29, 1.82) is 0 Å². The van der Waals surface area contributed by atoms with Gasteiger partial charge in [-0.2, -0.15) is 0 Å². The lowest BCUT2D eigenvalue weighted by molar-refractivity contribution is 0.122. The normalized spacial score (nSPS) is 13.5. The molecule has 1 aliphatic rings. The van der Waals surface area contributed by atoms with Crippen LogP contribution >= 0.6 is 0 Å². The van der Waals surface area contributed by atoms with Crippen LogP contribution in [0, 0.1) is 11.6 Å². The largest absolute Gasteiger partial charge is 0.378 e. The van der Waals surface area contributed by atoms with E-state index in [0.717, 1.165) is 34.5 Å². The fourth-order valence-electron chi connectivity index (χ4n) is 4.57. The first-order valence-corrected chi connectivity index (χ1v) is 15.0. The minimum absolute atomic E-state index is 0.175. The summed E-state index contributed by atoms with van der Waals surface area (Å²) in [4.78, 5) is 28.6. The summed E-state index contributed by atoms with van der Waals surface area (Å²) >= 11 is 0. The Bertz CT molecular complexity index is 1940. The first-order chi connectivity index (χ1) is 21.2. The first kappa shape index (κ1) is 28.9. The third-order valence-corrected chi connectivity index (χ3v) is 8.13. The van der Waals surface area contributed by atoms with E-state index in [1.54, 1.807) is 30.5 Å². The van der Waals surface area contributed by atoms with Gasteiger partial charge in [0, 0.05) is 42.3 Å². The maximum atomic E-state index is 13.9. The monoisotopic (exact) mass is 617 g/mol. The van der Waals surface area contributed by atoms with Gasteiger partial charge in [-0.3, -0.25) is 9.71 Å². The molecule has 0 saturated carbocycles. The van der Waals surface area contributed by atoms with E-state index in [-0.39, 0.29) is 10.6 Å². The van der Waals surface area contributed by atoms with E-state index in [9.17, 15) is 22.0 Å². The Kier molecular flexibility index (Phi) is 8.00. The Morgan fingerprint density at radius 1 is 0.864 bits per heavy atom. The number of hydrogen-bond donors (Lipinski definition) is 3. The van der Waals surface area contributed by atoms with Gasteiger partial charge < -0.3 is 20.3 Å². The van der Waals surface area contributed by atoms with Crippen molar-refractivity contribution in [3.05, 3.63) is 96.7 Å². The molecule has 3 aromatic carbocycles. The summed E-state index contributed by atoms with van der Waals surface area (Å²) in [6.07, 6.45) is 1.72. The molecule has 5 aromatic rings. The van der Waals surface area contributed by atoms with Crippen molar-refractivity contribution in [2.24, 2.45) is 0 Å². The molecule has 1 saturated heterocycles. The average molecular weight is 618 g/mol. The van der Waals surface area contributed by atoms with Gasteiger partial charge in [-0.05, 0) is 72.8 Å². The number of anilines is 4. The van der Waals surface area contributed by atoms with Crippen molar-refractivity contribution in [1.82, 2.24) is 15.0 Å². The zero-order chi connectivity index (χ0) is 30.7. The van der Waals surface area contributed by atoms with Crippen molar-refractivity contribution in [2.75, 3.05) is 46.6 Å². The summed E-state index contributed by atoms with van der Waals surface area (Å²) in [7, 11) is -4.15. The molecule has 0 bridgehead atoms. The molecule has 0 unspecified atom stereocenters. The number of morpholine rings is 1. The Morgan fingerprint density at radius 3 is 2.23 bits per heavy atom. The topological polar surface area (TPSA) is 138 Å². The molecule has 0 spiro atoms. The van der Waals surface area contributed by atoms with E-state index in [4.69, 9.17) is 14.7 Å². The van der Waals surface area contributed by atoms with Crippen molar-refractivity contribution < 1.29 is 26.7 Å². The number of nitrogens with one attached hydrogen (secondary N) is 3. The molecule has 1 fully saturated rings. The number of hydrogen-bond acceptors (Lipinski definition) is 8. The number of urea groups is 1. The smallest absolute Gasteiger partial charge is 0.323 e. The molecule has 6 rings (SSSR count). The predicted octanol–water partition coefficient (Wildman–Crippen LogP) is 5.25. The fourth-order valence-corrected chi connectivity index (χ4v) is 5.63. The molecular formula is C30H25F2N7O4S. The number of nitrogens with zero attached hydrogens (tertiary/aromatic N) is 4. The van der Waals surface area contributed by atoms with Crippen LogP contribution in [0.4, 0.5) is 36.5 Å². The SMILES string of the molecule is O=C(Nc1ccc(-c2nc(N3CCOCC3)c3ncccc3n2)cc1)Nc1ccc(S(=O)(=O)Nc2ccc(F)cc2F)cc1. The van der Waals surface area contributed by atoms with Crippen molar-refractivity contribution >= 4 is 50.0 Å². The van der Waals surface area contributed by atoms with E-state index in [2.05, 4.69) is 25.2 Å².